The number of halogens is 3. The Labute approximate surface area is 175 Å². The van der Waals surface area contributed by atoms with Crippen LogP contribution < -0.4 is 15.4 Å². The van der Waals surface area contributed by atoms with Crippen LogP contribution in [0.15, 0.2) is 23.2 Å². The minimum absolute atomic E-state index is 0.0442. The molecule has 1 fully saturated rings. The van der Waals surface area contributed by atoms with Crippen LogP contribution in [0, 0.1) is 0 Å². The Bertz CT molecular complexity index is 752. The van der Waals surface area contributed by atoms with Crippen LogP contribution in [-0.2, 0) is 17.5 Å². The second-order valence-corrected chi connectivity index (χ2v) is 8.25. The van der Waals surface area contributed by atoms with Gasteiger partial charge >= 0.3 is 6.18 Å². The summed E-state index contributed by atoms with van der Waals surface area (Å²) in [6.45, 7) is 6.75. The largest absolute Gasteiger partial charge is 0.488 e. The minimum atomic E-state index is -4.52. The molecule has 1 aliphatic rings. The van der Waals surface area contributed by atoms with Gasteiger partial charge in [-0.1, -0.05) is 6.07 Å². The van der Waals surface area contributed by atoms with Gasteiger partial charge in [0.05, 0.1) is 12.1 Å². The molecule has 0 unspecified atom stereocenters. The van der Waals surface area contributed by atoms with Gasteiger partial charge in [0, 0.05) is 26.7 Å². The fraction of sp³-hybridized carbons (Fsp3) is 0.619. The summed E-state index contributed by atoms with van der Waals surface area (Å²) in [4.78, 5) is 18.0. The molecule has 1 aromatic rings. The number of carbonyl (C=O) groups is 1. The Hall–Kier alpha value is -2.45. The molecular formula is C21H31F3N4O2. The van der Waals surface area contributed by atoms with Crippen molar-refractivity contribution in [2.75, 3.05) is 26.7 Å². The van der Waals surface area contributed by atoms with Crippen LogP contribution >= 0.6 is 0 Å². The molecule has 168 valence electrons. The number of hydrogen-bond acceptors (Lipinski definition) is 3. The molecule has 1 saturated heterocycles. The monoisotopic (exact) mass is 428 g/mol. The molecule has 0 aliphatic carbocycles. The minimum Gasteiger partial charge on any atom is -0.488 e. The Morgan fingerprint density at radius 1 is 1.13 bits per heavy atom. The third-order valence-electron chi connectivity index (χ3n) is 4.60. The van der Waals surface area contributed by atoms with Crippen LogP contribution in [0.25, 0.3) is 0 Å². The van der Waals surface area contributed by atoms with E-state index >= 15 is 0 Å². The maximum atomic E-state index is 13.5. The average molecular weight is 428 g/mol. The number of aliphatic imine (C=N–C) groups is 1. The number of amides is 1. The van der Waals surface area contributed by atoms with Crippen molar-refractivity contribution in [1.82, 2.24) is 15.5 Å². The Balaban J connectivity index is 2.00. The van der Waals surface area contributed by atoms with Gasteiger partial charge in [-0.05, 0) is 57.7 Å². The highest BCUT2D eigenvalue weighted by molar-refractivity contribution is 5.86. The van der Waals surface area contributed by atoms with Gasteiger partial charge in [-0.2, -0.15) is 13.2 Å². The van der Waals surface area contributed by atoms with Gasteiger partial charge < -0.3 is 20.3 Å². The van der Waals surface area contributed by atoms with Gasteiger partial charge in [-0.3, -0.25) is 9.79 Å². The van der Waals surface area contributed by atoms with E-state index in [1.165, 1.54) is 19.2 Å². The second kappa shape index (κ2) is 10.0. The zero-order valence-electron chi connectivity index (χ0n) is 18.0. The zero-order valence-corrected chi connectivity index (χ0v) is 18.0. The molecule has 1 aliphatic heterocycles. The number of guanidine groups is 1. The molecule has 0 aromatic heterocycles. The first-order valence-electron chi connectivity index (χ1n) is 10.1. The summed E-state index contributed by atoms with van der Waals surface area (Å²) in [5.41, 5.74) is -1.30. The zero-order chi connectivity index (χ0) is 22.4. The van der Waals surface area contributed by atoms with Crippen molar-refractivity contribution < 1.29 is 22.7 Å². The Morgan fingerprint density at radius 2 is 1.80 bits per heavy atom. The van der Waals surface area contributed by atoms with Gasteiger partial charge in [-0.15, -0.1) is 0 Å². The molecule has 2 rings (SSSR count). The van der Waals surface area contributed by atoms with Gasteiger partial charge in [-0.25, -0.2) is 0 Å². The molecular weight excluding hydrogens is 397 g/mol. The molecule has 6 nitrogen and oxygen atoms in total. The predicted octanol–water partition coefficient (Wildman–Crippen LogP) is 3.56. The van der Waals surface area contributed by atoms with E-state index in [1.807, 2.05) is 0 Å². The molecule has 30 heavy (non-hydrogen) atoms. The molecule has 0 radical (unpaired) electrons. The summed E-state index contributed by atoms with van der Waals surface area (Å²) in [5.74, 6) is 0.383. The van der Waals surface area contributed by atoms with Crippen LogP contribution in [-0.4, -0.2) is 49.0 Å². The van der Waals surface area contributed by atoms with Gasteiger partial charge in [0.1, 0.15) is 11.4 Å². The maximum Gasteiger partial charge on any atom is 0.416 e. The molecule has 9 heteroatoms. The number of hydrogen-bond donors (Lipinski definition) is 2. The van der Waals surface area contributed by atoms with Crippen molar-refractivity contribution in [2.24, 2.45) is 4.99 Å². The summed E-state index contributed by atoms with van der Waals surface area (Å²) in [6.07, 6.45) is -1.40. The number of nitrogens with one attached hydrogen (secondary N) is 2. The molecule has 0 saturated carbocycles. The van der Waals surface area contributed by atoms with Crippen molar-refractivity contribution in [1.29, 1.82) is 0 Å². The molecule has 1 heterocycles. The van der Waals surface area contributed by atoms with Gasteiger partial charge in [0.2, 0.25) is 5.91 Å². The van der Waals surface area contributed by atoms with E-state index in [0.29, 0.717) is 0 Å². The van der Waals surface area contributed by atoms with Crippen molar-refractivity contribution in [3.8, 4) is 5.75 Å². The SMILES string of the molecule is CN=C(NCC(=O)N1CCCCC1)NCc1ccc(OC(C)(C)C)cc1C(F)(F)F. The molecule has 0 spiro atoms. The van der Waals surface area contributed by atoms with Crippen LogP contribution in [0.4, 0.5) is 13.2 Å². The highest BCUT2D eigenvalue weighted by Crippen LogP contribution is 2.35. The number of ether oxygens (including phenoxy) is 1. The fourth-order valence-electron chi connectivity index (χ4n) is 3.20. The molecule has 0 atom stereocenters. The number of rotatable bonds is 5. The number of nitrogens with zero attached hydrogens (tertiary/aromatic N) is 2. The van der Waals surface area contributed by atoms with Gasteiger partial charge in [0.25, 0.3) is 0 Å². The summed E-state index contributed by atoms with van der Waals surface area (Å²) in [7, 11) is 1.51. The maximum absolute atomic E-state index is 13.5. The fourth-order valence-corrected chi connectivity index (χ4v) is 3.20. The van der Waals surface area contributed by atoms with E-state index in [-0.39, 0.29) is 36.3 Å². The number of alkyl halides is 3. The Kier molecular flexibility index (Phi) is 7.97. The van der Waals surface area contributed by atoms with Crippen LogP contribution in [0.2, 0.25) is 0 Å². The van der Waals surface area contributed by atoms with E-state index in [4.69, 9.17) is 4.74 Å². The second-order valence-electron chi connectivity index (χ2n) is 8.25. The highest BCUT2D eigenvalue weighted by atomic mass is 19.4. The number of benzene rings is 1. The molecule has 2 N–H and O–H groups in total. The lowest BCUT2D eigenvalue weighted by atomic mass is 10.1. The summed E-state index contributed by atoms with van der Waals surface area (Å²) < 4.78 is 46.2. The van der Waals surface area contributed by atoms with E-state index < -0.39 is 17.3 Å². The predicted molar refractivity (Wildman–Crippen MR) is 110 cm³/mol. The summed E-state index contributed by atoms with van der Waals surface area (Å²) in [5, 5.41) is 5.73. The topological polar surface area (TPSA) is 66.0 Å². The van der Waals surface area contributed by atoms with Crippen molar-refractivity contribution in [3.05, 3.63) is 29.3 Å². The van der Waals surface area contributed by atoms with E-state index in [0.717, 1.165) is 38.4 Å². The van der Waals surface area contributed by atoms with Crippen LogP contribution in [0.5, 0.6) is 5.75 Å². The first-order valence-corrected chi connectivity index (χ1v) is 10.1. The lowest BCUT2D eigenvalue weighted by Crippen LogP contribution is -2.45. The summed E-state index contributed by atoms with van der Waals surface area (Å²) >= 11 is 0. The number of carbonyl (C=O) groups excluding carboxylic acids is 1. The lowest BCUT2D eigenvalue weighted by Gasteiger charge is -2.27. The molecule has 1 aromatic carbocycles. The average Bonchev–Trinajstić information content (AvgIpc) is 2.67. The van der Waals surface area contributed by atoms with E-state index in [2.05, 4.69) is 15.6 Å². The lowest BCUT2D eigenvalue weighted by molar-refractivity contribution is -0.138. The number of piperidine rings is 1. The molecule has 1 amide bonds. The van der Waals surface area contributed by atoms with Crippen molar-refractivity contribution >= 4 is 11.9 Å². The third kappa shape index (κ3) is 7.42. The van der Waals surface area contributed by atoms with Crippen molar-refractivity contribution in [3.63, 3.8) is 0 Å². The van der Waals surface area contributed by atoms with Crippen molar-refractivity contribution in [2.45, 2.75) is 58.4 Å². The van der Waals surface area contributed by atoms with E-state index in [9.17, 15) is 18.0 Å². The third-order valence-corrected chi connectivity index (χ3v) is 4.60. The normalized spacial score (nSPS) is 15.7. The number of likely N-dealkylation sites (tertiary alicyclic amines) is 1. The smallest absolute Gasteiger partial charge is 0.416 e. The standard InChI is InChI=1S/C21H31F3N4O2/c1-20(2,3)30-16-9-8-15(17(12-16)21(22,23)24)13-26-19(25-4)27-14-18(29)28-10-6-5-7-11-28/h8-9,12H,5-7,10-11,13-14H2,1-4H3,(H2,25,26,27). The Morgan fingerprint density at radius 3 is 2.37 bits per heavy atom. The van der Waals surface area contributed by atoms with Gasteiger partial charge in [0.15, 0.2) is 5.96 Å². The first kappa shape index (κ1) is 23.8. The van der Waals surface area contributed by atoms with Crippen LogP contribution in [0.3, 0.4) is 0 Å². The highest BCUT2D eigenvalue weighted by Gasteiger charge is 2.34. The van der Waals surface area contributed by atoms with E-state index in [1.54, 1.807) is 25.7 Å². The summed E-state index contributed by atoms with van der Waals surface area (Å²) in [6, 6.07) is 3.93. The molecule has 0 bridgehead atoms. The first-order chi connectivity index (χ1) is 14.0. The quantitative estimate of drug-likeness (QED) is 0.556. The van der Waals surface area contributed by atoms with Crippen LogP contribution in [0.1, 0.15) is 51.2 Å².